The number of fused-ring (bicyclic) bond motifs is 1. The zero-order valence-corrected chi connectivity index (χ0v) is 29.7. The third kappa shape index (κ3) is 6.47. The molecule has 0 aliphatic carbocycles. The van der Waals surface area contributed by atoms with Crippen LogP contribution in [0.15, 0.2) is 18.2 Å². The summed E-state index contributed by atoms with van der Waals surface area (Å²) >= 11 is 0. The summed E-state index contributed by atoms with van der Waals surface area (Å²) in [6.45, 7) is 28.0. The fourth-order valence-electron chi connectivity index (χ4n) is 6.25. The van der Waals surface area contributed by atoms with Crippen LogP contribution in [0.3, 0.4) is 0 Å². The largest absolute Gasteiger partial charge is 0.444 e. The van der Waals surface area contributed by atoms with Crippen LogP contribution in [-0.2, 0) is 31.1 Å². The Labute approximate surface area is 252 Å². The molecule has 1 aliphatic rings. The second kappa shape index (κ2) is 11.4. The Morgan fingerprint density at radius 3 is 2.20 bits per heavy atom. The summed E-state index contributed by atoms with van der Waals surface area (Å²) in [7, 11) is 1.10. The molecule has 0 aromatic heterocycles. The minimum Gasteiger partial charge on any atom is -0.444 e. The van der Waals surface area contributed by atoms with Crippen molar-refractivity contribution in [3.8, 4) is 0 Å². The maximum Gasteiger partial charge on any atom is 0.411 e. The Kier molecular flexibility index (Phi) is 9.40. The van der Waals surface area contributed by atoms with Crippen LogP contribution in [0.2, 0.25) is 18.1 Å². The van der Waals surface area contributed by atoms with Crippen LogP contribution >= 0.6 is 0 Å². The number of nitrogens with zero attached hydrogens (tertiary/aromatic N) is 1. The molecule has 1 amide bonds. The number of amides is 1. The van der Waals surface area contributed by atoms with E-state index in [0.29, 0.717) is 13.0 Å². The smallest absolute Gasteiger partial charge is 0.411 e. The van der Waals surface area contributed by atoms with Crippen LogP contribution in [0.4, 0.5) is 4.79 Å². The van der Waals surface area contributed by atoms with Crippen molar-refractivity contribution in [3.05, 3.63) is 46.0 Å². The SMILES string of the molecule is Cc1c(CO[Si])c([C@]2(CO)C[C@@H](O[Si](C)(C)C(C)(C)C)CN2C(=O)OC(C)(C)C)c2cccc(C)c2c1C(C)(C)C. The molecule has 0 saturated carbocycles. The van der Waals surface area contributed by atoms with E-state index in [4.69, 9.17) is 13.6 Å². The molecule has 6 nitrogen and oxygen atoms in total. The molecule has 41 heavy (non-hydrogen) atoms. The number of aliphatic hydroxyl groups excluding tert-OH is 1. The number of rotatable bonds is 6. The lowest BCUT2D eigenvalue weighted by atomic mass is 9.72. The number of ether oxygens (including phenoxy) is 1. The minimum atomic E-state index is -2.19. The average molecular weight is 599 g/mol. The molecule has 8 heteroatoms. The topological polar surface area (TPSA) is 68.2 Å². The molecule has 3 radical (unpaired) electrons. The van der Waals surface area contributed by atoms with E-state index in [0.717, 1.165) is 33.0 Å². The van der Waals surface area contributed by atoms with Crippen molar-refractivity contribution < 1.29 is 23.5 Å². The number of aryl methyl sites for hydroxylation is 1. The van der Waals surface area contributed by atoms with Crippen LogP contribution in [0.25, 0.3) is 10.8 Å². The Bertz CT molecular complexity index is 1290. The normalized spacial score (nSPS) is 20.7. The summed E-state index contributed by atoms with van der Waals surface area (Å²) < 4.78 is 18.6. The minimum absolute atomic E-state index is 0.00228. The molecule has 1 aliphatic heterocycles. The molecule has 2 aromatic carbocycles. The van der Waals surface area contributed by atoms with Crippen LogP contribution in [0, 0.1) is 13.8 Å². The highest BCUT2D eigenvalue weighted by molar-refractivity contribution is 6.74. The first-order chi connectivity index (χ1) is 18.6. The van der Waals surface area contributed by atoms with Crippen LogP contribution < -0.4 is 0 Å². The van der Waals surface area contributed by atoms with Crippen molar-refractivity contribution in [1.29, 1.82) is 0 Å². The summed E-state index contributed by atoms with van der Waals surface area (Å²) in [5.41, 5.74) is 3.50. The molecule has 1 N–H and O–H groups in total. The highest BCUT2D eigenvalue weighted by Crippen LogP contribution is 2.50. The maximum atomic E-state index is 14.0. The summed E-state index contributed by atoms with van der Waals surface area (Å²) in [5, 5.41) is 13.6. The van der Waals surface area contributed by atoms with Gasteiger partial charge in [0.05, 0.1) is 31.4 Å². The van der Waals surface area contributed by atoms with E-state index >= 15 is 0 Å². The first kappa shape index (κ1) is 33.8. The highest BCUT2D eigenvalue weighted by atomic mass is 28.4. The summed E-state index contributed by atoms with van der Waals surface area (Å²) in [6.07, 6.45) is -0.242. The number of likely N-dealkylation sites (tertiary alicyclic amines) is 1. The third-order valence-corrected chi connectivity index (χ3v) is 13.6. The van der Waals surface area contributed by atoms with E-state index in [1.54, 1.807) is 4.90 Å². The lowest BCUT2D eigenvalue weighted by molar-refractivity contribution is -0.00629. The molecule has 1 saturated heterocycles. The number of benzene rings is 2. The van der Waals surface area contributed by atoms with Gasteiger partial charge in [-0.3, -0.25) is 4.90 Å². The maximum absolute atomic E-state index is 14.0. The monoisotopic (exact) mass is 598 g/mol. The number of hydrogen-bond acceptors (Lipinski definition) is 5. The Hall–Kier alpha value is -1.72. The summed E-state index contributed by atoms with van der Waals surface area (Å²) in [5.74, 6) is 0. The average Bonchev–Trinajstić information content (AvgIpc) is 3.16. The van der Waals surface area contributed by atoms with Crippen LogP contribution in [0.5, 0.6) is 0 Å². The van der Waals surface area contributed by atoms with Crippen molar-refractivity contribution in [2.24, 2.45) is 0 Å². The molecule has 0 spiro atoms. The van der Waals surface area contributed by atoms with E-state index in [1.807, 2.05) is 20.8 Å². The Morgan fingerprint density at radius 2 is 1.71 bits per heavy atom. The predicted molar refractivity (Wildman–Crippen MR) is 171 cm³/mol. The molecule has 1 fully saturated rings. The molecular weight excluding hydrogens is 547 g/mol. The van der Waals surface area contributed by atoms with E-state index in [9.17, 15) is 9.90 Å². The van der Waals surface area contributed by atoms with Gasteiger partial charge in [-0.05, 0) is 96.8 Å². The van der Waals surface area contributed by atoms with E-state index < -0.39 is 25.6 Å². The molecule has 0 unspecified atom stereocenters. The molecule has 1 heterocycles. The van der Waals surface area contributed by atoms with Crippen LogP contribution in [-0.4, -0.2) is 59.8 Å². The first-order valence-electron chi connectivity index (χ1n) is 14.7. The van der Waals surface area contributed by atoms with Crippen molar-refractivity contribution in [2.75, 3.05) is 13.2 Å². The zero-order valence-electron chi connectivity index (χ0n) is 27.7. The van der Waals surface area contributed by atoms with Gasteiger partial charge < -0.3 is 18.7 Å². The molecule has 227 valence electrons. The first-order valence-corrected chi connectivity index (χ1v) is 18.1. The van der Waals surface area contributed by atoms with Crippen molar-refractivity contribution in [3.63, 3.8) is 0 Å². The molecule has 2 atom stereocenters. The van der Waals surface area contributed by atoms with Gasteiger partial charge in [-0.25, -0.2) is 4.79 Å². The number of hydrogen-bond donors (Lipinski definition) is 1. The summed E-state index contributed by atoms with van der Waals surface area (Å²) in [4.78, 5) is 15.7. The lowest BCUT2D eigenvalue weighted by Crippen LogP contribution is -2.50. The number of carbonyl (C=O) groups is 1. The van der Waals surface area contributed by atoms with Crippen LogP contribution in [0.1, 0.15) is 96.6 Å². The van der Waals surface area contributed by atoms with E-state index in [-0.39, 0.29) is 29.8 Å². The van der Waals surface area contributed by atoms with Gasteiger partial charge in [-0.1, -0.05) is 59.7 Å². The molecule has 0 bridgehead atoms. The molecule has 3 rings (SSSR count). The standard InChI is InChI=1S/C33H52NO5Si2/c1-21-15-14-16-24-26(21)27(30(3,4)5)22(2)25(19-37-40)28(24)33(20-35)17-23(39-41(12,13)32(9,10)11)18-34(33)29(36)38-31(6,7)8/h14-16,23,35H,17-20H2,1-13H3/t23-,33-/m1/s1. The van der Waals surface area contributed by atoms with Crippen molar-refractivity contribution >= 4 is 35.7 Å². The van der Waals surface area contributed by atoms with E-state index in [1.165, 1.54) is 5.56 Å². The van der Waals surface area contributed by atoms with Gasteiger partial charge in [0.2, 0.25) is 10.5 Å². The van der Waals surface area contributed by atoms with Gasteiger partial charge >= 0.3 is 6.09 Å². The van der Waals surface area contributed by atoms with Crippen molar-refractivity contribution in [1.82, 2.24) is 4.90 Å². The fraction of sp³-hybridized carbons (Fsp3) is 0.667. The second-order valence-corrected chi connectivity index (χ2v) is 20.4. The van der Waals surface area contributed by atoms with Gasteiger partial charge in [-0.15, -0.1) is 0 Å². The number of carbonyl (C=O) groups excluding carboxylic acids is 1. The van der Waals surface area contributed by atoms with Gasteiger partial charge in [0.15, 0.2) is 8.32 Å². The van der Waals surface area contributed by atoms with E-state index in [2.05, 4.69) is 97.2 Å². The zero-order chi connectivity index (χ0) is 31.3. The van der Waals surface area contributed by atoms with Gasteiger partial charge in [0.25, 0.3) is 0 Å². The van der Waals surface area contributed by atoms with Gasteiger partial charge in [0, 0.05) is 6.42 Å². The summed E-state index contributed by atoms with van der Waals surface area (Å²) in [6, 6.07) is 6.31. The van der Waals surface area contributed by atoms with Gasteiger partial charge in [0.1, 0.15) is 5.60 Å². The second-order valence-electron chi connectivity index (χ2n) is 15.4. The highest BCUT2D eigenvalue weighted by Gasteiger charge is 2.54. The molecule has 2 aromatic rings. The molecular formula is C33H52NO5Si2. The third-order valence-electron chi connectivity index (χ3n) is 8.96. The fourth-order valence-corrected chi connectivity index (χ4v) is 7.74. The van der Waals surface area contributed by atoms with Crippen molar-refractivity contribution in [2.45, 2.75) is 130 Å². The van der Waals surface area contributed by atoms with Gasteiger partial charge in [-0.2, -0.15) is 0 Å². The predicted octanol–water partition coefficient (Wildman–Crippen LogP) is 7.57. The Morgan fingerprint density at radius 1 is 1.10 bits per heavy atom. The quantitative estimate of drug-likeness (QED) is 0.347. The lowest BCUT2D eigenvalue weighted by Gasteiger charge is -2.41. The Balaban J connectivity index is 2.43. The number of aliphatic hydroxyl groups is 1.